The predicted octanol–water partition coefficient (Wildman–Crippen LogP) is 26.7. The van der Waals surface area contributed by atoms with Gasteiger partial charge in [-0.25, -0.2) is 0 Å². The van der Waals surface area contributed by atoms with Crippen molar-refractivity contribution >= 4 is 198 Å². The molecule has 0 spiro atoms. The molecular weight excluding hydrogens is 1710 g/mol. The Bertz CT molecular complexity index is 5710. The molecule has 0 aliphatic carbocycles. The first kappa shape index (κ1) is 95.0. The SMILES string of the molecule is C.C.C.C.C.CNCC1OCCc2sc3cc(C)c(Cl)cc3c21.CNCC1OCCc2sc3ccc(-c4ccccc4)cc3c21.CNCC1OCCc2sc3ccc(Cl)c(Cl)c3c21.Cc1cc2sc3c(c2cc1Cl)C(CN)OCC3.NCC1OCCc2sc3ccc(-c4ccccc4)cc3c21.NCC1OCCc2sc3ccc(Cl)c(Cl)c3c21. The molecule has 118 heavy (non-hydrogen) atoms. The monoisotopic (exact) mass is 1820 g/mol. The molecule has 14 aromatic rings. The van der Waals surface area contributed by atoms with E-state index in [0.717, 1.165) is 140 Å². The smallest absolute Gasteiger partial charge is 0.0966 e. The van der Waals surface area contributed by atoms with E-state index < -0.39 is 0 Å². The van der Waals surface area contributed by atoms with E-state index in [-0.39, 0.29) is 73.8 Å². The zero-order valence-corrected chi connectivity index (χ0v) is 72.9. The van der Waals surface area contributed by atoms with E-state index >= 15 is 0 Å². The van der Waals surface area contributed by atoms with Gasteiger partial charge in [0.1, 0.15) is 0 Å². The van der Waals surface area contributed by atoms with Gasteiger partial charge in [-0.05, 0) is 152 Å². The van der Waals surface area contributed by atoms with Gasteiger partial charge < -0.3 is 61.6 Å². The largest absolute Gasteiger partial charge is 0.372 e. The second-order valence-electron chi connectivity index (χ2n) is 28.5. The van der Waals surface area contributed by atoms with Crippen LogP contribution in [0.3, 0.4) is 0 Å². The van der Waals surface area contributed by atoms with Crippen LogP contribution in [-0.4, -0.2) is 100 Å². The van der Waals surface area contributed by atoms with Crippen molar-refractivity contribution in [3.05, 3.63) is 249 Å². The summed E-state index contributed by atoms with van der Waals surface area (Å²) in [6.45, 7) is 12.9. The molecule has 0 radical (unpaired) electrons. The maximum absolute atomic E-state index is 6.37. The van der Waals surface area contributed by atoms with Gasteiger partial charge >= 0.3 is 0 Å². The molecule has 20 rings (SSSR count). The third kappa shape index (κ3) is 20.1. The van der Waals surface area contributed by atoms with Gasteiger partial charge in [-0.2, -0.15) is 0 Å². The number of hydrogen-bond acceptors (Lipinski definition) is 18. The van der Waals surface area contributed by atoms with Crippen molar-refractivity contribution in [2.75, 3.05) is 100 Å². The highest BCUT2D eigenvalue weighted by molar-refractivity contribution is 7.21. The molecule has 8 aromatic carbocycles. The summed E-state index contributed by atoms with van der Waals surface area (Å²) >= 11 is 48.5. The van der Waals surface area contributed by atoms with Crippen LogP contribution >= 0.6 is 138 Å². The van der Waals surface area contributed by atoms with Gasteiger partial charge in [0.2, 0.25) is 0 Å². The summed E-state index contributed by atoms with van der Waals surface area (Å²) in [4.78, 5) is 8.50. The molecule has 24 heteroatoms. The average molecular weight is 1830 g/mol. The predicted molar refractivity (Wildman–Crippen MR) is 518 cm³/mol. The molecule has 12 nitrogen and oxygen atoms in total. The van der Waals surface area contributed by atoms with Gasteiger partial charge in [0.05, 0.1) is 96.4 Å². The lowest BCUT2D eigenvalue weighted by molar-refractivity contribution is 0.0460. The first-order valence-electron chi connectivity index (χ1n) is 38.2. The molecule has 0 fully saturated rings. The molecule has 12 heterocycles. The van der Waals surface area contributed by atoms with Gasteiger partial charge in [0, 0.05) is 200 Å². The number of nitrogens with two attached hydrogens (primary N) is 3. The number of benzene rings is 8. The number of likely N-dealkylation sites (N-methyl/N-ethyl adjacent to an activating group) is 3. The van der Waals surface area contributed by atoms with Crippen LogP contribution in [0.5, 0.6) is 0 Å². The first-order valence-corrected chi connectivity index (χ1v) is 45.4. The summed E-state index contributed by atoms with van der Waals surface area (Å²) in [5.74, 6) is 0. The minimum absolute atomic E-state index is 0. The molecule has 0 amide bonds. The van der Waals surface area contributed by atoms with E-state index in [4.69, 9.17) is 115 Å². The van der Waals surface area contributed by atoms with Crippen molar-refractivity contribution in [1.82, 2.24) is 16.0 Å². The first-order chi connectivity index (χ1) is 55.1. The molecule has 6 atom stereocenters. The van der Waals surface area contributed by atoms with Crippen molar-refractivity contribution in [1.29, 1.82) is 0 Å². The van der Waals surface area contributed by atoms with Gasteiger partial charge in [0.25, 0.3) is 0 Å². The van der Waals surface area contributed by atoms with E-state index in [9.17, 15) is 0 Å². The summed E-state index contributed by atoms with van der Waals surface area (Å²) in [6.07, 6.45) is 6.38. The van der Waals surface area contributed by atoms with E-state index in [2.05, 4.69) is 138 Å². The molecule has 6 aromatic heterocycles. The molecule has 0 saturated carbocycles. The summed E-state index contributed by atoms with van der Waals surface area (Å²) in [6, 6.07) is 50.9. The summed E-state index contributed by atoms with van der Waals surface area (Å²) in [5.41, 5.74) is 32.5. The zero-order chi connectivity index (χ0) is 78.6. The Kier molecular flexibility index (Phi) is 35.0. The summed E-state index contributed by atoms with van der Waals surface area (Å²) in [5, 5.41) is 21.0. The zero-order valence-electron chi connectivity index (χ0n) is 63.4. The lowest BCUT2D eigenvalue weighted by Crippen LogP contribution is -2.24. The maximum atomic E-state index is 6.37. The van der Waals surface area contributed by atoms with Crippen LogP contribution in [-0.2, 0) is 66.9 Å². The van der Waals surface area contributed by atoms with Gasteiger partial charge in [-0.15, -0.1) is 68.0 Å². The highest BCUT2D eigenvalue weighted by atomic mass is 35.5. The fourth-order valence-electron chi connectivity index (χ4n) is 16.0. The van der Waals surface area contributed by atoms with E-state index in [1.807, 2.05) is 104 Å². The van der Waals surface area contributed by atoms with Crippen LogP contribution in [0, 0.1) is 13.8 Å². The minimum atomic E-state index is -0.0523. The average Bonchev–Trinajstić information content (AvgIpc) is 1.62. The van der Waals surface area contributed by atoms with Gasteiger partial charge in [0.15, 0.2) is 0 Å². The van der Waals surface area contributed by atoms with Crippen LogP contribution in [0.4, 0.5) is 0 Å². The van der Waals surface area contributed by atoms with E-state index in [1.54, 1.807) is 22.7 Å². The second-order valence-corrected chi connectivity index (χ2v) is 37.7. The van der Waals surface area contributed by atoms with Crippen LogP contribution in [0.2, 0.25) is 30.1 Å². The lowest BCUT2D eigenvalue weighted by Gasteiger charge is -2.23. The third-order valence-electron chi connectivity index (χ3n) is 21.3. The summed E-state index contributed by atoms with van der Waals surface area (Å²) in [7, 11) is 5.88. The number of hydrogen-bond donors (Lipinski definition) is 6. The molecule has 6 aliphatic heterocycles. The number of halogens is 6. The minimum Gasteiger partial charge on any atom is -0.372 e. The van der Waals surface area contributed by atoms with Crippen molar-refractivity contribution in [2.24, 2.45) is 17.2 Å². The van der Waals surface area contributed by atoms with Crippen LogP contribution < -0.4 is 33.2 Å². The van der Waals surface area contributed by atoms with Crippen molar-refractivity contribution in [3.8, 4) is 22.3 Å². The molecular formula is C94H110Cl6N6O6S6. The summed E-state index contributed by atoms with van der Waals surface area (Å²) < 4.78 is 42.7. The highest BCUT2D eigenvalue weighted by Crippen LogP contribution is 2.50. The Morgan fingerprint density at radius 3 is 0.915 bits per heavy atom. The van der Waals surface area contributed by atoms with E-state index in [1.165, 1.54) is 124 Å². The molecule has 6 aliphatic rings. The number of ether oxygens (including phenoxy) is 6. The number of fused-ring (bicyclic) bond motifs is 18. The Hall–Kier alpha value is -5.22. The molecule has 6 unspecified atom stereocenters. The standard InChI is InChI=1S/C19H19NOS.C18H17NOS.C14H16ClNOS.C13H13Cl2NOS.C13H14ClNOS.C12H11Cl2NOS.5CH4/c1-20-12-16-19-15-11-14(13-5-3-2-4-6-13)7-8-17(15)22-18(19)9-10-21-16;19-11-15-18-14-10-13(12-4-2-1-3-5-12)6-7-16(14)21-17(18)8-9-20-15;1-8-5-13-9(6-10(8)15)14-11(7-16-2)17-4-3-12(14)18-13;1-16-6-8-11-10(4-5-17-8)18-9-3-2-7(14)13(15)12(9)11;1-7-4-12-8(5-9(7)14)13-10(6-15)16-3-2-11(13)17-12;13-6-1-2-8-11(12(6)14)10-7(5-15)16-4-3-9(10)17-8;;;;;/h2-8,11,16,20H,9-10,12H2,1H3;1-7,10,15H,8-9,11,19H2;5-6,11,16H,3-4,7H2,1-2H3;2-3,8,16H,4-6H2,1H3;4-5,10H,2-3,6,15H2,1H3;1-2,7H,3-5,15H2;5*1H4. The Morgan fingerprint density at radius 2 is 0.576 bits per heavy atom. The van der Waals surface area contributed by atoms with Crippen LogP contribution in [0.1, 0.15) is 148 Å². The number of aryl methyl sites for hydroxylation is 2. The van der Waals surface area contributed by atoms with Crippen molar-refractivity contribution in [2.45, 2.75) is 126 Å². The molecule has 0 bridgehead atoms. The molecule has 0 saturated heterocycles. The third-order valence-corrected chi connectivity index (χ3v) is 31.2. The van der Waals surface area contributed by atoms with Gasteiger partial charge in [-0.1, -0.05) is 180 Å². The number of rotatable bonds is 11. The number of nitrogens with one attached hydrogen (secondary N) is 3. The Morgan fingerprint density at radius 1 is 0.305 bits per heavy atom. The second kappa shape index (κ2) is 43.4. The fourth-order valence-corrected chi connectivity index (χ4v) is 24.8. The van der Waals surface area contributed by atoms with Crippen LogP contribution in [0.15, 0.2) is 146 Å². The normalized spacial score (nSPS) is 17.9. The topological polar surface area (TPSA) is 170 Å². The molecule has 9 N–H and O–H groups in total. The lowest BCUT2D eigenvalue weighted by atomic mass is 9.98. The van der Waals surface area contributed by atoms with Crippen molar-refractivity contribution in [3.63, 3.8) is 0 Å². The highest BCUT2D eigenvalue weighted by Gasteiger charge is 2.32. The Labute approximate surface area is 750 Å². The van der Waals surface area contributed by atoms with Crippen molar-refractivity contribution < 1.29 is 28.4 Å². The fraction of sp³-hybridized carbons (Fsp3) is 0.362. The number of thiophene rings is 6. The van der Waals surface area contributed by atoms with Gasteiger partial charge in [-0.3, -0.25) is 0 Å². The maximum Gasteiger partial charge on any atom is 0.0966 e. The quantitative estimate of drug-likeness (QED) is 0.0726. The van der Waals surface area contributed by atoms with E-state index in [0.29, 0.717) is 39.7 Å². The Balaban J connectivity index is 0.000000148. The molecule has 630 valence electrons. The van der Waals surface area contributed by atoms with Crippen LogP contribution in [0.25, 0.3) is 82.8 Å².